The van der Waals surface area contributed by atoms with Crippen LogP contribution in [0.2, 0.25) is 0 Å². The fourth-order valence-electron chi connectivity index (χ4n) is 1.40. The van der Waals surface area contributed by atoms with Crippen LogP contribution in [0.5, 0.6) is 0 Å². The predicted octanol–water partition coefficient (Wildman–Crippen LogP) is 3.50. The molecule has 1 aromatic carbocycles. The Balaban J connectivity index is 3.03. The van der Waals surface area contributed by atoms with Gasteiger partial charge in [0.05, 0.1) is 6.54 Å². The molecule has 0 radical (unpaired) electrons. The first-order chi connectivity index (χ1) is 8.69. The van der Waals surface area contributed by atoms with Gasteiger partial charge in [-0.3, -0.25) is 9.69 Å². The summed E-state index contributed by atoms with van der Waals surface area (Å²) in [5.74, 6) is -0.264. The van der Waals surface area contributed by atoms with Crippen LogP contribution in [0.25, 0.3) is 0 Å². The van der Waals surface area contributed by atoms with E-state index in [4.69, 9.17) is 39.9 Å². The molecule has 0 saturated heterocycles. The zero-order valence-corrected chi connectivity index (χ0v) is 12.1. The van der Waals surface area contributed by atoms with Gasteiger partial charge in [0.2, 0.25) is 9.70 Å². The Labute approximate surface area is 125 Å². The Morgan fingerprint density at radius 3 is 2.47 bits per heavy atom. The highest BCUT2D eigenvalue weighted by Crippen LogP contribution is 2.30. The molecule has 0 heterocycles. The van der Waals surface area contributed by atoms with Gasteiger partial charge in [-0.2, -0.15) is 0 Å². The molecule has 19 heavy (non-hydrogen) atoms. The van der Waals surface area contributed by atoms with E-state index in [2.05, 4.69) is 5.32 Å². The van der Waals surface area contributed by atoms with E-state index in [-0.39, 0.29) is 12.5 Å². The molecule has 0 aliphatic heterocycles. The Bertz CT molecular complexity index is 488. The van der Waals surface area contributed by atoms with Crippen LogP contribution in [0, 0.1) is 0 Å². The third kappa shape index (κ3) is 5.55. The molecule has 0 fully saturated rings. The van der Waals surface area contributed by atoms with Crippen molar-refractivity contribution in [3.63, 3.8) is 0 Å². The number of carbonyl (C=O) groups is 2. The second kappa shape index (κ2) is 6.32. The van der Waals surface area contributed by atoms with Gasteiger partial charge in [-0.1, -0.05) is 40.9 Å². The second-order valence-corrected chi connectivity index (χ2v) is 6.23. The van der Waals surface area contributed by atoms with Crippen LogP contribution in [0.15, 0.2) is 24.3 Å². The summed E-state index contributed by atoms with van der Waals surface area (Å²) in [5, 5.41) is 11.7. The highest BCUT2D eigenvalue weighted by Gasteiger charge is 2.28. The first kappa shape index (κ1) is 15.9. The number of carbonyl (C=O) groups excluding carboxylic acids is 1. The summed E-state index contributed by atoms with van der Waals surface area (Å²) in [7, 11) is 0. The Hall–Kier alpha value is -1.17. The Morgan fingerprint density at radius 2 is 2.00 bits per heavy atom. The standard InChI is InChI=1S/C11H11Cl3N2O3/c1-7(17)15-8-3-2-4-9(5-8)16(10(18)19)6-11(12,13)14/h2-5H,6H2,1H3,(H,15,17)(H,18,19). The molecule has 104 valence electrons. The summed E-state index contributed by atoms with van der Waals surface area (Å²) in [6.45, 7) is 1.03. The monoisotopic (exact) mass is 324 g/mol. The van der Waals surface area contributed by atoms with Crippen molar-refractivity contribution in [3.05, 3.63) is 24.3 Å². The van der Waals surface area contributed by atoms with Crippen molar-refractivity contribution in [1.29, 1.82) is 0 Å². The van der Waals surface area contributed by atoms with E-state index in [0.29, 0.717) is 11.4 Å². The molecule has 1 aromatic rings. The van der Waals surface area contributed by atoms with Crippen molar-refractivity contribution in [2.24, 2.45) is 0 Å². The highest BCUT2D eigenvalue weighted by molar-refractivity contribution is 6.68. The molecule has 5 nitrogen and oxygen atoms in total. The summed E-state index contributed by atoms with van der Waals surface area (Å²) in [6.07, 6.45) is -1.26. The third-order valence-corrected chi connectivity index (χ3v) is 2.41. The number of halogens is 3. The number of nitrogens with zero attached hydrogens (tertiary/aromatic N) is 1. The molecule has 1 rings (SSSR count). The smallest absolute Gasteiger partial charge is 0.411 e. The van der Waals surface area contributed by atoms with Crippen molar-refractivity contribution in [2.75, 3.05) is 16.8 Å². The summed E-state index contributed by atoms with van der Waals surface area (Å²) in [6, 6.07) is 6.23. The minimum Gasteiger partial charge on any atom is -0.465 e. The van der Waals surface area contributed by atoms with E-state index >= 15 is 0 Å². The maximum absolute atomic E-state index is 11.2. The van der Waals surface area contributed by atoms with Crippen molar-refractivity contribution in [2.45, 2.75) is 10.7 Å². The van der Waals surface area contributed by atoms with Gasteiger partial charge in [0.15, 0.2) is 0 Å². The second-order valence-electron chi connectivity index (χ2n) is 3.72. The molecule has 0 unspecified atom stereocenters. The van der Waals surface area contributed by atoms with Gasteiger partial charge in [0.1, 0.15) is 0 Å². The highest BCUT2D eigenvalue weighted by atomic mass is 35.6. The number of hydrogen-bond donors (Lipinski definition) is 2. The van der Waals surface area contributed by atoms with Crippen molar-refractivity contribution in [1.82, 2.24) is 0 Å². The first-order valence-corrected chi connectivity index (χ1v) is 6.27. The summed E-state index contributed by atoms with van der Waals surface area (Å²) in [4.78, 5) is 23.0. The number of nitrogens with one attached hydrogen (secondary N) is 1. The molecule has 0 atom stereocenters. The topological polar surface area (TPSA) is 69.6 Å². The number of benzene rings is 1. The van der Waals surface area contributed by atoms with Crippen LogP contribution in [0.1, 0.15) is 6.92 Å². The van der Waals surface area contributed by atoms with E-state index in [9.17, 15) is 9.59 Å². The third-order valence-electron chi connectivity index (χ3n) is 2.05. The van der Waals surface area contributed by atoms with Gasteiger partial charge in [0.25, 0.3) is 0 Å². The number of carboxylic acid groups (broad SMARTS) is 1. The fraction of sp³-hybridized carbons (Fsp3) is 0.273. The van der Waals surface area contributed by atoms with E-state index in [1.165, 1.54) is 19.1 Å². The fourth-order valence-corrected chi connectivity index (χ4v) is 1.76. The Kier molecular flexibility index (Phi) is 5.29. The molecule has 2 N–H and O–H groups in total. The lowest BCUT2D eigenvalue weighted by Crippen LogP contribution is -2.36. The lowest BCUT2D eigenvalue weighted by molar-refractivity contribution is -0.114. The zero-order valence-electron chi connectivity index (χ0n) is 9.86. The predicted molar refractivity (Wildman–Crippen MR) is 76.4 cm³/mol. The van der Waals surface area contributed by atoms with Crippen molar-refractivity contribution >= 4 is 58.2 Å². The summed E-state index contributed by atoms with van der Waals surface area (Å²) >= 11 is 16.8. The average Bonchev–Trinajstić information content (AvgIpc) is 2.23. The first-order valence-electron chi connectivity index (χ1n) is 5.14. The number of anilines is 2. The SMILES string of the molecule is CC(=O)Nc1cccc(N(CC(Cl)(Cl)Cl)C(=O)O)c1. The molecule has 0 saturated carbocycles. The number of amides is 2. The zero-order chi connectivity index (χ0) is 14.6. The van der Waals surface area contributed by atoms with Gasteiger partial charge in [-0.15, -0.1) is 0 Å². The molecule has 0 aliphatic carbocycles. The van der Waals surface area contributed by atoms with Crippen molar-refractivity contribution in [3.8, 4) is 0 Å². The van der Waals surface area contributed by atoms with Gasteiger partial charge < -0.3 is 10.4 Å². The van der Waals surface area contributed by atoms with Crippen LogP contribution in [-0.2, 0) is 4.79 Å². The van der Waals surface area contributed by atoms with E-state index < -0.39 is 9.89 Å². The van der Waals surface area contributed by atoms with Crippen LogP contribution in [0.3, 0.4) is 0 Å². The number of rotatable bonds is 3. The maximum atomic E-state index is 11.2. The quantitative estimate of drug-likeness (QED) is 0.836. The molecule has 0 bridgehead atoms. The minimum atomic E-state index is -1.73. The molecule has 0 aliphatic rings. The minimum absolute atomic E-state index is 0.264. The molecule has 8 heteroatoms. The van der Waals surface area contributed by atoms with Crippen LogP contribution >= 0.6 is 34.8 Å². The van der Waals surface area contributed by atoms with E-state index in [1.54, 1.807) is 12.1 Å². The van der Waals surface area contributed by atoms with Gasteiger partial charge >= 0.3 is 6.09 Å². The molecular formula is C11H11Cl3N2O3. The van der Waals surface area contributed by atoms with Gasteiger partial charge in [-0.05, 0) is 18.2 Å². The number of hydrogen-bond acceptors (Lipinski definition) is 2. The van der Waals surface area contributed by atoms with Crippen LogP contribution in [0.4, 0.5) is 16.2 Å². The van der Waals surface area contributed by atoms with Gasteiger partial charge in [-0.25, -0.2) is 4.79 Å². The normalized spacial score (nSPS) is 10.9. The maximum Gasteiger partial charge on any atom is 0.411 e. The molecule has 0 spiro atoms. The lowest BCUT2D eigenvalue weighted by atomic mass is 10.2. The van der Waals surface area contributed by atoms with E-state index in [1.807, 2.05) is 0 Å². The molecular weight excluding hydrogens is 314 g/mol. The summed E-state index contributed by atoms with van der Waals surface area (Å²) in [5.41, 5.74) is 0.755. The molecule has 0 aromatic heterocycles. The Morgan fingerprint density at radius 1 is 1.37 bits per heavy atom. The summed E-state index contributed by atoms with van der Waals surface area (Å²) < 4.78 is -1.73. The van der Waals surface area contributed by atoms with E-state index in [0.717, 1.165) is 4.90 Å². The van der Waals surface area contributed by atoms with Crippen LogP contribution in [-0.4, -0.2) is 27.4 Å². The largest absolute Gasteiger partial charge is 0.465 e. The number of alkyl halides is 3. The van der Waals surface area contributed by atoms with Gasteiger partial charge in [0, 0.05) is 18.3 Å². The average molecular weight is 326 g/mol. The molecule has 2 amide bonds. The lowest BCUT2D eigenvalue weighted by Gasteiger charge is -2.23. The van der Waals surface area contributed by atoms with Crippen molar-refractivity contribution < 1.29 is 14.7 Å². The van der Waals surface area contributed by atoms with Crippen LogP contribution < -0.4 is 10.2 Å².